The fourth-order valence-electron chi connectivity index (χ4n) is 1.38. The number of halogens is 2. The molecule has 0 aromatic heterocycles. The SMILES string of the molecule is COc1ccc(CC(C)(C)C#N)c(Cl)c1Cl. The van der Waals surface area contributed by atoms with Gasteiger partial charge in [-0.05, 0) is 31.9 Å². The summed E-state index contributed by atoms with van der Waals surface area (Å²) in [6.45, 7) is 3.73. The predicted molar refractivity (Wildman–Crippen MR) is 66.1 cm³/mol. The summed E-state index contributed by atoms with van der Waals surface area (Å²) in [4.78, 5) is 0. The van der Waals surface area contributed by atoms with Crippen LogP contribution in [0.25, 0.3) is 0 Å². The first-order chi connectivity index (χ1) is 7.41. The average molecular weight is 258 g/mol. The van der Waals surface area contributed by atoms with Crippen molar-refractivity contribution >= 4 is 23.2 Å². The molecule has 0 aliphatic heterocycles. The van der Waals surface area contributed by atoms with Crippen molar-refractivity contribution in [1.29, 1.82) is 5.26 Å². The summed E-state index contributed by atoms with van der Waals surface area (Å²) in [6.07, 6.45) is 0.562. The first-order valence-electron chi connectivity index (χ1n) is 4.83. The summed E-state index contributed by atoms with van der Waals surface area (Å²) in [7, 11) is 1.54. The van der Waals surface area contributed by atoms with Crippen LogP contribution in [0.1, 0.15) is 19.4 Å². The first kappa shape index (κ1) is 13.2. The predicted octanol–water partition coefficient (Wildman–Crippen LogP) is 4.09. The van der Waals surface area contributed by atoms with Gasteiger partial charge in [-0.1, -0.05) is 29.3 Å². The summed E-state index contributed by atoms with van der Waals surface area (Å²) in [6, 6.07) is 5.83. The monoisotopic (exact) mass is 257 g/mol. The number of hydrogen-bond acceptors (Lipinski definition) is 2. The lowest BCUT2D eigenvalue weighted by Crippen LogP contribution is -2.12. The van der Waals surface area contributed by atoms with Crippen molar-refractivity contribution in [2.45, 2.75) is 20.3 Å². The topological polar surface area (TPSA) is 33.0 Å². The van der Waals surface area contributed by atoms with E-state index in [9.17, 15) is 0 Å². The van der Waals surface area contributed by atoms with E-state index in [4.69, 9.17) is 33.2 Å². The highest BCUT2D eigenvalue weighted by Crippen LogP contribution is 2.36. The number of nitrogens with zero attached hydrogens (tertiary/aromatic N) is 1. The molecule has 86 valence electrons. The van der Waals surface area contributed by atoms with E-state index in [-0.39, 0.29) is 0 Å². The van der Waals surface area contributed by atoms with Gasteiger partial charge in [0.25, 0.3) is 0 Å². The van der Waals surface area contributed by atoms with Crippen molar-refractivity contribution in [1.82, 2.24) is 0 Å². The van der Waals surface area contributed by atoms with Crippen LogP contribution < -0.4 is 4.74 Å². The smallest absolute Gasteiger partial charge is 0.138 e. The Bertz CT molecular complexity index is 435. The van der Waals surface area contributed by atoms with Crippen molar-refractivity contribution in [2.75, 3.05) is 7.11 Å². The summed E-state index contributed by atoms with van der Waals surface area (Å²) in [5, 5.41) is 9.83. The number of benzene rings is 1. The van der Waals surface area contributed by atoms with Crippen molar-refractivity contribution in [3.63, 3.8) is 0 Å². The molecule has 0 atom stereocenters. The van der Waals surface area contributed by atoms with E-state index in [1.807, 2.05) is 19.9 Å². The molecule has 0 heterocycles. The molecule has 0 aliphatic rings. The molecule has 0 spiro atoms. The molecule has 0 aliphatic carbocycles. The van der Waals surface area contributed by atoms with Gasteiger partial charge in [0.2, 0.25) is 0 Å². The lowest BCUT2D eigenvalue weighted by molar-refractivity contribution is 0.414. The molecule has 1 rings (SSSR count). The van der Waals surface area contributed by atoms with Crippen LogP contribution in [0.15, 0.2) is 12.1 Å². The Morgan fingerprint density at radius 2 is 1.94 bits per heavy atom. The minimum Gasteiger partial charge on any atom is -0.495 e. The van der Waals surface area contributed by atoms with Gasteiger partial charge in [0.05, 0.1) is 23.6 Å². The minimum atomic E-state index is -0.457. The van der Waals surface area contributed by atoms with Crippen molar-refractivity contribution < 1.29 is 4.74 Å². The van der Waals surface area contributed by atoms with Crippen LogP contribution in [0.3, 0.4) is 0 Å². The summed E-state index contributed by atoms with van der Waals surface area (Å²) >= 11 is 12.1. The summed E-state index contributed by atoms with van der Waals surface area (Å²) in [5.41, 5.74) is 0.403. The van der Waals surface area contributed by atoms with Gasteiger partial charge in [0, 0.05) is 0 Å². The van der Waals surface area contributed by atoms with E-state index in [2.05, 4.69) is 6.07 Å². The molecule has 4 heteroatoms. The maximum atomic E-state index is 8.97. The molecule has 16 heavy (non-hydrogen) atoms. The second kappa shape index (κ2) is 4.95. The van der Waals surface area contributed by atoms with Crippen LogP contribution in [-0.2, 0) is 6.42 Å². The normalized spacial score (nSPS) is 11.0. The Balaban J connectivity index is 3.10. The molecule has 0 amide bonds. The van der Waals surface area contributed by atoms with Gasteiger partial charge in [-0.15, -0.1) is 0 Å². The van der Waals surface area contributed by atoms with Crippen molar-refractivity contribution in [3.05, 3.63) is 27.7 Å². The summed E-state index contributed by atoms with van der Waals surface area (Å²) < 4.78 is 5.06. The molecule has 2 nitrogen and oxygen atoms in total. The lowest BCUT2D eigenvalue weighted by atomic mass is 9.87. The van der Waals surface area contributed by atoms with E-state index < -0.39 is 5.41 Å². The van der Waals surface area contributed by atoms with Gasteiger partial charge in [-0.25, -0.2) is 0 Å². The average Bonchev–Trinajstić information content (AvgIpc) is 2.25. The molecule has 0 saturated heterocycles. The van der Waals surface area contributed by atoms with E-state index in [1.54, 1.807) is 6.07 Å². The number of methoxy groups -OCH3 is 1. The number of rotatable bonds is 3. The highest BCUT2D eigenvalue weighted by atomic mass is 35.5. The summed E-state index contributed by atoms with van der Waals surface area (Å²) in [5.74, 6) is 0.546. The zero-order valence-corrected chi connectivity index (χ0v) is 11.0. The molecule has 1 aromatic carbocycles. The molecule has 0 radical (unpaired) electrons. The van der Waals surface area contributed by atoms with Crippen LogP contribution in [0, 0.1) is 16.7 Å². The quantitative estimate of drug-likeness (QED) is 0.817. The molecule has 0 unspecified atom stereocenters. The molecule has 1 aromatic rings. The van der Waals surface area contributed by atoms with Gasteiger partial charge in [0.1, 0.15) is 10.8 Å². The maximum absolute atomic E-state index is 8.97. The Hall–Kier alpha value is -0.910. The standard InChI is InChI=1S/C12H13Cl2NO/c1-12(2,7-15)6-8-4-5-9(16-3)11(14)10(8)13/h4-5H,6H2,1-3H3. The van der Waals surface area contributed by atoms with Crippen LogP contribution in [-0.4, -0.2) is 7.11 Å². The fourth-order valence-corrected chi connectivity index (χ4v) is 1.87. The number of nitriles is 1. The van der Waals surface area contributed by atoms with E-state index in [0.717, 1.165) is 5.56 Å². The third-order valence-electron chi connectivity index (χ3n) is 2.28. The fraction of sp³-hybridized carbons (Fsp3) is 0.417. The maximum Gasteiger partial charge on any atom is 0.138 e. The Morgan fingerprint density at radius 3 is 2.44 bits per heavy atom. The van der Waals surface area contributed by atoms with Crippen LogP contribution in [0.4, 0.5) is 0 Å². The molecule has 0 N–H and O–H groups in total. The van der Waals surface area contributed by atoms with Gasteiger partial charge in [-0.2, -0.15) is 5.26 Å². The Kier molecular flexibility index (Phi) is 4.07. The lowest BCUT2D eigenvalue weighted by Gasteiger charge is -2.17. The van der Waals surface area contributed by atoms with Crippen LogP contribution in [0.5, 0.6) is 5.75 Å². The second-order valence-corrected chi connectivity index (χ2v) is 4.98. The third-order valence-corrected chi connectivity index (χ3v) is 3.19. The third kappa shape index (κ3) is 2.81. The first-order valence-corrected chi connectivity index (χ1v) is 5.59. The second-order valence-electron chi connectivity index (χ2n) is 4.23. The number of hydrogen-bond donors (Lipinski definition) is 0. The Labute approximate surface area is 106 Å². The highest BCUT2D eigenvalue weighted by molar-refractivity contribution is 6.43. The van der Waals surface area contributed by atoms with Crippen LogP contribution in [0.2, 0.25) is 10.0 Å². The molecule has 0 bridgehead atoms. The molecular formula is C12H13Cl2NO. The highest BCUT2D eigenvalue weighted by Gasteiger charge is 2.20. The minimum absolute atomic E-state index is 0.399. The van der Waals surface area contributed by atoms with Crippen LogP contribution >= 0.6 is 23.2 Å². The van der Waals surface area contributed by atoms with Gasteiger partial charge >= 0.3 is 0 Å². The van der Waals surface area contributed by atoms with E-state index in [0.29, 0.717) is 22.2 Å². The van der Waals surface area contributed by atoms with Crippen molar-refractivity contribution in [3.8, 4) is 11.8 Å². The van der Waals surface area contributed by atoms with E-state index >= 15 is 0 Å². The zero-order chi connectivity index (χ0) is 12.3. The van der Waals surface area contributed by atoms with Gasteiger partial charge in [0.15, 0.2) is 0 Å². The van der Waals surface area contributed by atoms with Gasteiger partial charge < -0.3 is 4.74 Å². The number of ether oxygens (including phenoxy) is 1. The molecular weight excluding hydrogens is 245 g/mol. The van der Waals surface area contributed by atoms with E-state index in [1.165, 1.54) is 7.11 Å². The Morgan fingerprint density at radius 1 is 1.31 bits per heavy atom. The largest absolute Gasteiger partial charge is 0.495 e. The molecule has 0 fully saturated rings. The van der Waals surface area contributed by atoms with Crippen molar-refractivity contribution in [2.24, 2.45) is 5.41 Å². The molecule has 0 saturated carbocycles. The van der Waals surface area contributed by atoms with Gasteiger partial charge in [-0.3, -0.25) is 0 Å². The zero-order valence-electron chi connectivity index (χ0n) is 9.47.